The third-order valence-corrected chi connectivity index (χ3v) is 3.21. The smallest absolute Gasteiger partial charge is 0.222 e. The Morgan fingerprint density at radius 1 is 0.889 bits per heavy atom. The number of aliphatic hydroxyl groups excluding tert-OH is 1. The highest BCUT2D eigenvalue weighted by Gasteiger charge is 2.11. The molecule has 0 rings (SSSR count). The van der Waals surface area contributed by atoms with Crippen molar-refractivity contribution >= 4 is 5.91 Å². The number of carbonyl (C=O) groups excluding carboxylic acids is 1. The maximum atomic E-state index is 12.1. The van der Waals surface area contributed by atoms with Crippen molar-refractivity contribution in [1.29, 1.82) is 0 Å². The standard InChI is InChI=1S/C15H31NO2/c1-3-5-8-12-16(13-9-6-4-2)15(18)11-7-10-14-17/h17H,3-14H2,1-2H3. The highest BCUT2D eigenvalue weighted by Crippen LogP contribution is 2.07. The molecule has 0 aliphatic carbocycles. The van der Waals surface area contributed by atoms with E-state index < -0.39 is 0 Å². The van der Waals surface area contributed by atoms with Crippen molar-refractivity contribution in [2.75, 3.05) is 19.7 Å². The van der Waals surface area contributed by atoms with E-state index >= 15 is 0 Å². The summed E-state index contributed by atoms with van der Waals surface area (Å²) in [5.74, 6) is 0.274. The third kappa shape index (κ3) is 9.46. The van der Waals surface area contributed by atoms with Gasteiger partial charge < -0.3 is 10.0 Å². The Bertz CT molecular complexity index is 185. The molecule has 0 aliphatic heterocycles. The van der Waals surface area contributed by atoms with Gasteiger partial charge in [-0.15, -0.1) is 0 Å². The maximum absolute atomic E-state index is 12.1. The van der Waals surface area contributed by atoms with E-state index in [0.717, 1.165) is 38.8 Å². The van der Waals surface area contributed by atoms with Gasteiger partial charge in [-0.2, -0.15) is 0 Å². The van der Waals surface area contributed by atoms with Crippen molar-refractivity contribution in [1.82, 2.24) is 4.90 Å². The Labute approximate surface area is 113 Å². The lowest BCUT2D eigenvalue weighted by molar-refractivity contribution is -0.131. The summed E-state index contributed by atoms with van der Waals surface area (Å²) in [6.45, 7) is 6.39. The predicted molar refractivity (Wildman–Crippen MR) is 76.6 cm³/mol. The third-order valence-electron chi connectivity index (χ3n) is 3.21. The highest BCUT2D eigenvalue weighted by atomic mass is 16.3. The summed E-state index contributed by atoms with van der Waals surface area (Å²) in [4.78, 5) is 14.1. The number of unbranched alkanes of at least 4 members (excludes halogenated alkanes) is 5. The summed E-state index contributed by atoms with van der Waals surface area (Å²) < 4.78 is 0. The Morgan fingerprint density at radius 3 is 1.89 bits per heavy atom. The summed E-state index contributed by atoms with van der Waals surface area (Å²) in [5, 5.41) is 8.74. The van der Waals surface area contributed by atoms with E-state index in [1.165, 1.54) is 25.7 Å². The van der Waals surface area contributed by atoms with Gasteiger partial charge in [-0.05, 0) is 25.7 Å². The Balaban J connectivity index is 3.95. The largest absolute Gasteiger partial charge is 0.396 e. The molecule has 0 saturated heterocycles. The number of hydrogen-bond acceptors (Lipinski definition) is 2. The highest BCUT2D eigenvalue weighted by molar-refractivity contribution is 5.76. The van der Waals surface area contributed by atoms with Gasteiger partial charge in [-0.25, -0.2) is 0 Å². The number of carbonyl (C=O) groups is 1. The molecule has 0 aromatic carbocycles. The van der Waals surface area contributed by atoms with Crippen molar-refractivity contribution in [2.45, 2.75) is 71.6 Å². The summed E-state index contributed by atoms with van der Waals surface area (Å²) in [5.41, 5.74) is 0. The minimum atomic E-state index is 0.193. The number of hydrogen-bond donors (Lipinski definition) is 1. The Hall–Kier alpha value is -0.570. The molecule has 0 aromatic rings. The topological polar surface area (TPSA) is 40.5 Å². The molecule has 1 N–H and O–H groups in total. The number of aliphatic hydroxyl groups is 1. The molecule has 0 heterocycles. The molecule has 0 fully saturated rings. The second kappa shape index (κ2) is 12.9. The van der Waals surface area contributed by atoms with E-state index in [1.807, 2.05) is 4.90 Å². The molecular weight excluding hydrogens is 226 g/mol. The van der Waals surface area contributed by atoms with Crippen molar-refractivity contribution in [3.63, 3.8) is 0 Å². The van der Waals surface area contributed by atoms with E-state index in [0.29, 0.717) is 6.42 Å². The predicted octanol–water partition coefficient (Wildman–Crippen LogP) is 3.36. The van der Waals surface area contributed by atoms with E-state index in [-0.39, 0.29) is 12.5 Å². The molecule has 0 atom stereocenters. The van der Waals surface area contributed by atoms with Crippen LogP contribution < -0.4 is 0 Å². The zero-order chi connectivity index (χ0) is 13.6. The van der Waals surface area contributed by atoms with Crippen LogP contribution in [0.2, 0.25) is 0 Å². The van der Waals surface area contributed by atoms with E-state index in [9.17, 15) is 4.79 Å². The van der Waals surface area contributed by atoms with Crippen molar-refractivity contribution < 1.29 is 9.90 Å². The number of nitrogens with zero attached hydrogens (tertiary/aromatic N) is 1. The Morgan fingerprint density at radius 2 is 1.44 bits per heavy atom. The monoisotopic (exact) mass is 257 g/mol. The molecule has 1 amide bonds. The summed E-state index contributed by atoms with van der Waals surface area (Å²) in [6.07, 6.45) is 9.18. The molecule has 0 unspecified atom stereocenters. The number of amides is 1. The lowest BCUT2D eigenvalue weighted by Gasteiger charge is -2.22. The summed E-state index contributed by atoms with van der Waals surface area (Å²) in [6, 6.07) is 0. The van der Waals surface area contributed by atoms with Gasteiger partial charge in [0.05, 0.1) is 0 Å². The number of rotatable bonds is 12. The lowest BCUT2D eigenvalue weighted by Crippen LogP contribution is -2.32. The first-order chi connectivity index (χ1) is 8.76. The van der Waals surface area contributed by atoms with Gasteiger partial charge in [0, 0.05) is 26.1 Å². The van der Waals surface area contributed by atoms with Crippen LogP contribution in [0.5, 0.6) is 0 Å². The SMILES string of the molecule is CCCCCN(CCCCC)C(=O)CCCCO. The van der Waals surface area contributed by atoms with Crippen molar-refractivity contribution in [3.8, 4) is 0 Å². The average Bonchev–Trinajstić information content (AvgIpc) is 2.37. The van der Waals surface area contributed by atoms with Crippen molar-refractivity contribution in [2.24, 2.45) is 0 Å². The molecule has 0 spiro atoms. The molecule has 0 radical (unpaired) electrons. The first-order valence-corrected chi connectivity index (χ1v) is 7.64. The van der Waals surface area contributed by atoms with E-state index in [4.69, 9.17) is 5.11 Å². The van der Waals surface area contributed by atoms with Crippen LogP contribution >= 0.6 is 0 Å². The van der Waals surface area contributed by atoms with E-state index in [1.54, 1.807) is 0 Å². The second-order valence-electron chi connectivity index (χ2n) is 4.98. The quantitative estimate of drug-likeness (QED) is 0.545. The minimum Gasteiger partial charge on any atom is -0.396 e. The molecule has 108 valence electrons. The van der Waals surface area contributed by atoms with Crippen molar-refractivity contribution in [3.05, 3.63) is 0 Å². The summed E-state index contributed by atoms with van der Waals surface area (Å²) >= 11 is 0. The normalized spacial score (nSPS) is 10.6. The van der Waals surface area contributed by atoms with Crippen LogP contribution in [-0.4, -0.2) is 35.6 Å². The molecule has 0 bridgehead atoms. The van der Waals surface area contributed by atoms with Gasteiger partial charge in [-0.3, -0.25) is 4.79 Å². The fourth-order valence-electron chi connectivity index (χ4n) is 2.01. The van der Waals surface area contributed by atoms with Crippen LogP contribution in [-0.2, 0) is 4.79 Å². The van der Waals surface area contributed by atoms with Gasteiger partial charge in [0.15, 0.2) is 0 Å². The maximum Gasteiger partial charge on any atom is 0.222 e. The average molecular weight is 257 g/mol. The first-order valence-electron chi connectivity index (χ1n) is 7.64. The van der Waals surface area contributed by atoms with Crippen LogP contribution in [0.3, 0.4) is 0 Å². The molecule has 0 aromatic heterocycles. The van der Waals surface area contributed by atoms with Gasteiger partial charge in [0.2, 0.25) is 5.91 Å². The van der Waals surface area contributed by atoms with Crippen LogP contribution in [0.15, 0.2) is 0 Å². The van der Waals surface area contributed by atoms with Gasteiger partial charge >= 0.3 is 0 Å². The van der Waals surface area contributed by atoms with Crippen LogP contribution in [0.25, 0.3) is 0 Å². The Kier molecular flexibility index (Phi) is 12.5. The summed E-state index contributed by atoms with van der Waals surface area (Å²) in [7, 11) is 0. The molecule has 18 heavy (non-hydrogen) atoms. The van der Waals surface area contributed by atoms with Gasteiger partial charge in [0.1, 0.15) is 0 Å². The molecule has 3 nitrogen and oxygen atoms in total. The van der Waals surface area contributed by atoms with Crippen LogP contribution in [0.1, 0.15) is 71.6 Å². The van der Waals surface area contributed by atoms with Gasteiger partial charge in [0.25, 0.3) is 0 Å². The second-order valence-corrected chi connectivity index (χ2v) is 4.98. The molecule has 3 heteroatoms. The zero-order valence-electron chi connectivity index (χ0n) is 12.3. The fraction of sp³-hybridized carbons (Fsp3) is 0.933. The molecule has 0 saturated carbocycles. The minimum absolute atomic E-state index is 0.193. The van der Waals surface area contributed by atoms with E-state index in [2.05, 4.69) is 13.8 Å². The van der Waals surface area contributed by atoms with Crippen LogP contribution in [0.4, 0.5) is 0 Å². The van der Waals surface area contributed by atoms with Crippen LogP contribution in [0, 0.1) is 0 Å². The fourth-order valence-corrected chi connectivity index (χ4v) is 2.01. The first kappa shape index (κ1) is 17.4. The zero-order valence-corrected chi connectivity index (χ0v) is 12.3. The van der Waals surface area contributed by atoms with Gasteiger partial charge in [-0.1, -0.05) is 39.5 Å². The molecule has 0 aliphatic rings. The lowest BCUT2D eigenvalue weighted by atomic mass is 10.1. The molecular formula is C15H31NO2.